The molecule has 2 heterocycles. The number of para-hydroxylation sites is 1. The van der Waals surface area contributed by atoms with Gasteiger partial charge in [0, 0.05) is 55.4 Å². The van der Waals surface area contributed by atoms with Gasteiger partial charge in [-0.1, -0.05) is 18.2 Å². The van der Waals surface area contributed by atoms with Crippen molar-refractivity contribution in [1.29, 1.82) is 0 Å². The van der Waals surface area contributed by atoms with E-state index >= 15 is 0 Å². The molecule has 134 valence electrons. The standard InChI is InChI=1S/C18H24N4O3/c1-2-19-16(23)12-21-7-9-22(10-8-21)17(18(24)25)14-11-20-15-6-4-3-5-13(14)15/h3-6,11,17,20H,2,7-10,12H2,1H3,(H,19,23)(H,24,25)/t17-/m1/s1. The number of fused-ring (bicyclic) bond motifs is 1. The van der Waals surface area contributed by atoms with Crippen molar-refractivity contribution >= 4 is 22.8 Å². The minimum absolute atomic E-state index is 0.0161. The quantitative estimate of drug-likeness (QED) is 0.729. The number of nitrogens with zero attached hydrogens (tertiary/aromatic N) is 2. The Morgan fingerprint density at radius 2 is 1.96 bits per heavy atom. The Morgan fingerprint density at radius 3 is 2.64 bits per heavy atom. The van der Waals surface area contributed by atoms with Crippen LogP contribution in [-0.2, 0) is 9.59 Å². The van der Waals surface area contributed by atoms with Gasteiger partial charge < -0.3 is 15.4 Å². The molecule has 0 unspecified atom stereocenters. The Kier molecular flexibility index (Phi) is 5.35. The van der Waals surface area contributed by atoms with Gasteiger partial charge in [0.2, 0.25) is 5.91 Å². The summed E-state index contributed by atoms with van der Waals surface area (Å²) >= 11 is 0. The van der Waals surface area contributed by atoms with Crippen LogP contribution in [0.2, 0.25) is 0 Å². The average Bonchev–Trinajstić information content (AvgIpc) is 3.00. The first-order valence-corrected chi connectivity index (χ1v) is 8.62. The number of aliphatic carboxylic acids is 1. The van der Waals surface area contributed by atoms with Gasteiger partial charge in [0.25, 0.3) is 0 Å². The van der Waals surface area contributed by atoms with Crippen molar-refractivity contribution in [3.8, 4) is 0 Å². The van der Waals surface area contributed by atoms with Gasteiger partial charge in [-0.05, 0) is 13.0 Å². The van der Waals surface area contributed by atoms with Gasteiger partial charge in [-0.2, -0.15) is 0 Å². The molecule has 1 aliphatic rings. The number of carbonyl (C=O) groups excluding carboxylic acids is 1. The molecule has 3 N–H and O–H groups in total. The Hall–Kier alpha value is -2.38. The number of piperazine rings is 1. The molecular formula is C18H24N4O3. The van der Waals surface area contributed by atoms with Crippen molar-refractivity contribution in [3.05, 3.63) is 36.0 Å². The normalized spacial score (nSPS) is 17.5. The number of aromatic nitrogens is 1. The number of benzene rings is 1. The highest BCUT2D eigenvalue weighted by atomic mass is 16.4. The van der Waals surface area contributed by atoms with Crippen LogP contribution >= 0.6 is 0 Å². The number of hydrogen-bond donors (Lipinski definition) is 3. The first kappa shape index (κ1) is 17.4. The van der Waals surface area contributed by atoms with Gasteiger partial charge in [-0.3, -0.25) is 19.4 Å². The lowest BCUT2D eigenvalue weighted by molar-refractivity contribution is -0.144. The molecule has 1 fully saturated rings. The molecule has 25 heavy (non-hydrogen) atoms. The average molecular weight is 344 g/mol. The van der Waals surface area contributed by atoms with Gasteiger partial charge >= 0.3 is 5.97 Å². The Balaban J connectivity index is 1.71. The fraction of sp³-hybridized carbons (Fsp3) is 0.444. The van der Waals surface area contributed by atoms with Crippen molar-refractivity contribution in [1.82, 2.24) is 20.1 Å². The van der Waals surface area contributed by atoms with Crippen molar-refractivity contribution in [2.75, 3.05) is 39.3 Å². The molecule has 1 saturated heterocycles. The molecule has 0 saturated carbocycles. The summed E-state index contributed by atoms with van der Waals surface area (Å²) in [4.78, 5) is 30.9. The summed E-state index contributed by atoms with van der Waals surface area (Å²) in [5.41, 5.74) is 1.74. The lowest BCUT2D eigenvalue weighted by Gasteiger charge is -2.37. The molecule has 7 nitrogen and oxygen atoms in total. The minimum Gasteiger partial charge on any atom is -0.480 e. The number of amides is 1. The molecule has 1 amide bonds. The smallest absolute Gasteiger partial charge is 0.325 e. The first-order chi connectivity index (χ1) is 12.1. The van der Waals surface area contributed by atoms with E-state index in [2.05, 4.69) is 15.2 Å². The maximum Gasteiger partial charge on any atom is 0.325 e. The highest BCUT2D eigenvalue weighted by Gasteiger charge is 2.32. The highest BCUT2D eigenvalue weighted by Crippen LogP contribution is 2.29. The molecule has 7 heteroatoms. The van der Waals surface area contributed by atoms with E-state index in [1.54, 1.807) is 6.20 Å². The van der Waals surface area contributed by atoms with E-state index in [0.29, 0.717) is 39.3 Å². The molecule has 1 atom stereocenters. The van der Waals surface area contributed by atoms with Crippen LogP contribution in [0.1, 0.15) is 18.5 Å². The Bertz CT molecular complexity index is 750. The number of carboxylic acids is 1. The van der Waals surface area contributed by atoms with Crippen molar-refractivity contribution < 1.29 is 14.7 Å². The molecule has 0 aliphatic carbocycles. The van der Waals surface area contributed by atoms with Gasteiger partial charge in [0.15, 0.2) is 0 Å². The summed E-state index contributed by atoms with van der Waals surface area (Å²) in [6.07, 6.45) is 1.80. The SMILES string of the molecule is CCNC(=O)CN1CCN([C@@H](C(=O)O)c2c[nH]c3ccccc23)CC1. The van der Waals surface area contributed by atoms with Crippen LogP contribution in [0.25, 0.3) is 10.9 Å². The summed E-state index contributed by atoms with van der Waals surface area (Å²) in [6.45, 7) is 5.50. The number of H-pyrrole nitrogens is 1. The maximum atomic E-state index is 12.0. The monoisotopic (exact) mass is 344 g/mol. The molecule has 0 radical (unpaired) electrons. The molecule has 3 rings (SSSR count). The number of nitrogens with one attached hydrogen (secondary N) is 2. The minimum atomic E-state index is -0.845. The third-order valence-electron chi connectivity index (χ3n) is 4.66. The predicted molar refractivity (Wildman–Crippen MR) is 95.4 cm³/mol. The summed E-state index contributed by atoms with van der Waals surface area (Å²) < 4.78 is 0. The second-order valence-electron chi connectivity index (χ2n) is 6.30. The largest absolute Gasteiger partial charge is 0.480 e. The van der Waals surface area contributed by atoms with Crippen LogP contribution in [0.4, 0.5) is 0 Å². The first-order valence-electron chi connectivity index (χ1n) is 8.62. The Morgan fingerprint density at radius 1 is 1.24 bits per heavy atom. The topological polar surface area (TPSA) is 88.7 Å². The van der Waals surface area contributed by atoms with Crippen LogP contribution in [0, 0.1) is 0 Å². The molecule has 1 aliphatic heterocycles. The van der Waals surface area contributed by atoms with E-state index < -0.39 is 12.0 Å². The zero-order chi connectivity index (χ0) is 17.8. The third kappa shape index (κ3) is 3.83. The van der Waals surface area contributed by atoms with Crippen LogP contribution in [0.5, 0.6) is 0 Å². The summed E-state index contributed by atoms with van der Waals surface area (Å²) in [7, 11) is 0. The fourth-order valence-corrected chi connectivity index (χ4v) is 3.44. The summed E-state index contributed by atoms with van der Waals surface area (Å²) in [6, 6.07) is 7.06. The second-order valence-corrected chi connectivity index (χ2v) is 6.30. The van der Waals surface area contributed by atoms with E-state index in [4.69, 9.17) is 0 Å². The highest BCUT2D eigenvalue weighted by molar-refractivity contribution is 5.89. The number of likely N-dealkylation sites (N-methyl/N-ethyl adjacent to an activating group) is 1. The zero-order valence-corrected chi connectivity index (χ0v) is 14.4. The molecule has 2 aromatic rings. The molecule has 1 aromatic carbocycles. The van der Waals surface area contributed by atoms with Crippen LogP contribution < -0.4 is 5.32 Å². The second kappa shape index (κ2) is 7.67. The van der Waals surface area contributed by atoms with Gasteiger partial charge in [-0.25, -0.2) is 0 Å². The van der Waals surface area contributed by atoms with E-state index in [-0.39, 0.29) is 5.91 Å². The van der Waals surface area contributed by atoms with Crippen LogP contribution in [-0.4, -0.2) is 71.0 Å². The summed E-state index contributed by atoms with van der Waals surface area (Å²) in [5, 5.41) is 13.5. The van der Waals surface area contributed by atoms with E-state index in [1.807, 2.05) is 36.1 Å². The van der Waals surface area contributed by atoms with Crippen molar-refractivity contribution in [2.45, 2.75) is 13.0 Å². The van der Waals surface area contributed by atoms with Gasteiger partial charge in [0.1, 0.15) is 6.04 Å². The van der Waals surface area contributed by atoms with Gasteiger partial charge in [0.05, 0.1) is 6.54 Å². The number of carboxylic acid groups (broad SMARTS) is 1. The van der Waals surface area contributed by atoms with Crippen molar-refractivity contribution in [2.24, 2.45) is 0 Å². The van der Waals surface area contributed by atoms with E-state index in [0.717, 1.165) is 16.5 Å². The van der Waals surface area contributed by atoms with Crippen LogP contribution in [0.15, 0.2) is 30.5 Å². The zero-order valence-electron chi connectivity index (χ0n) is 14.4. The number of rotatable bonds is 6. The summed E-state index contributed by atoms with van der Waals surface area (Å²) in [5.74, 6) is -0.829. The molecule has 0 bridgehead atoms. The molecular weight excluding hydrogens is 320 g/mol. The van der Waals surface area contributed by atoms with Crippen LogP contribution in [0.3, 0.4) is 0 Å². The predicted octanol–water partition coefficient (Wildman–Crippen LogP) is 1.05. The third-order valence-corrected chi connectivity index (χ3v) is 4.66. The van der Waals surface area contributed by atoms with E-state index in [9.17, 15) is 14.7 Å². The Labute approximate surface area is 146 Å². The van der Waals surface area contributed by atoms with E-state index in [1.165, 1.54) is 0 Å². The van der Waals surface area contributed by atoms with Crippen molar-refractivity contribution in [3.63, 3.8) is 0 Å². The lowest BCUT2D eigenvalue weighted by atomic mass is 10.0. The maximum absolute atomic E-state index is 12.0. The molecule has 0 spiro atoms. The number of hydrogen-bond acceptors (Lipinski definition) is 4. The molecule has 1 aromatic heterocycles. The number of carbonyl (C=O) groups is 2. The number of aromatic amines is 1. The fourth-order valence-electron chi connectivity index (χ4n) is 3.44. The van der Waals surface area contributed by atoms with Gasteiger partial charge in [-0.15, -0.1) is 0 Å². The lowest BCUT2D eigenvalue weighted by Crippen LogP contribution is -2.51.